The average Bonchev–Trinajstić information content (AvgIpc) is 2.49. The van der Waals surface area contributed by atoms with Gasteiger partial charge in [0.15, 0.2) is 0 Å². The van der Waals surface area contributed by atoms with Crippen LogP contribution in [0.3, 0.4) is 0 Å². The normalized spacial score (nSPS) is 23.0. The summed E-state index contributed by atoms with van der Waals surface area (Å²) in [5, 5.41) is 2.18. The number of carbonyl (C=O) groups excluding carboxylic acids is 1. The van der Waals surface area contributed by atoms with Crippen LogP contribution in [0.15, 0.2) is 42.5 Å². The van der Waals surface area contributed by atoms with Crippen LogP contribution >= 0.6 is 11.6 Å². The number of nitrogens with zero attached hydrogens (tertiary/aromatic N) is 1. The Balaban J connectivity index is 1.93. The van der Waals surface area contributed by atoms with E-state index >= 15 is 0 Å². The molecule has 20 heavy (non-hydrogen) atoms. The van der Waals surface area contributed by atoms with Gasteiger partial charge in [-0.15, -0.1) is 11.6 Å². The quantitative estimate of drug-likeness (QED) is 0.728. The molecule has 0 aliphatic carbocycles. The molecule has 3 rings (SSSR count). The molecular formula is C17H18ClNO. The van der Waals surface area contributed by atoms with Crippen LogP contribution in [-0.4, -0.2) is 29.3 Å². The average molecular weight is 288 g/mol. The molecule has 0 aromatic heterocycles. The molecule has 1 heterocycles. The van der Waals surface area contributed by atoms with Crippen LogP contribution in [0, 0.1) is 5.92 Å². The van der Waals surface area contributed by atoms with Crippen LogP contribution in [-0.2, 0) is 0 Å². The number of rotatable bonds is 1. The van der Waals surface area contributed by atoms with Crippen molar-refractivity contribution in [2.24, 2.45) is 5.92 Å². The summed E-state index contributed by atoms with van der Waals surface area (Å²) >= 11 is 6.32. The van der Waals surface area contributed by atoms with Gasteiger partial charge in [0.1, 0.15) is 0 Å². The Kier molecular flexibility index (Phi) is 3.66. The molecule has 2 nitrogen and oxygen atoms in total. The van der Waals surface area contributed by atoms with Crippen LogP contribution in [0.5, 0.6) is 0 Å². The van der Waals surface area contributed by atoms with Gasteiger partial charge in [-0.3, -0.25) is 4.79 Å². The van der Waals surface area contributed by atoms with Gasteiger partial charge in [0, 0.05) is 18.7 Å². The zero-order chi connectivity index (χ0) is 14.1. The number of hydrogen-bond donors (Lipinski definition) is 0. The van der Waals surface area contributed by atoms with E-state index < -0.39 is 0 Å². The van der Waals surface area contributed by atoms with Crippen LogP contribution in [0.1, 0.15) is 23.7 Å². The van der Waals surface area contributed by atoms with Crippen molar-refractivity contribution in [1.29, 1.82) is 0 Å². The predicted molar refractivity (Wildman–Crippen MR) is 83.3 cm³/mol. The number of benzene rings is 2. The van der Waals surface area contributed by atoms with Crippen molar-refractivity contribution in [2.75, 3.05) is 13.1 Å². The number of fused-ring (bicyclic) bond motifs is 1. The molecule has 1 aliphatic rings. The molecule has 1 saturated heterocycles. The summed E-state index contributed by atoms with van der Waals surface area (Å²) in [6.07, 6.45) is 0.977. The lowest BCUT2D eigenvalue weighted by molar-refractivity contribution is 0.0703. The van der Waals surface area contributed by atoms with Gasteiger partial charge in [-0.1, -0.05) is 43.3 Å². The maximum atomic E-state index is 12.7. The molecule has 0 spiro atoms. The molecule has 1 aliphatic heterocycles. The molecular weight excluding hydrogens is 270 g/mol. The Morgan fingerprint density at radius 3 is 2.75 bits per heavy atom. The van der Waals surface area contributed by atoms with Crippen LogP contribution in [0.25, 0.3) is 10.8 Å². The lowest BCUT2D eigenvalue weighted by Gasteiger charge is -2.34. The largest absolute Gasteiger partial charge is 0.337 e. The highest BCUT2D eigenvalue weighted by molar-refractivity contribution is 6.21. The number of amides is 1. The number of likely N-dealkylation sites (tertiary alicyclic amines) is 1. The van der Waals surface area contributed by atoms with E-state index in [1.807, 2.05) is 47.4 Å². The molecule has 1 fully saturated rings. The first kappa shape index (κ1) is 13.4. The number of alkyl halides is 1. The van der Waals surface area contributed by atoms with Gasteiger partial charge in [-0.05, 0) is 29.2 Å². The van der Waals surface area contributed by atoms with Gasteiger partial charge in [0.2, 0.25) is 0 Å². The van der Waals surface area contributed by atoms with Gasteiger partial charge >= 0.3 is 0 Å². The van der Waals surface area contributed by atoms with Gasteiger partial charge in [-0.2, -0.15) is 0 Å². The van der Waals surface area contributed by atoms with E-state index in [0.29, 0.717) is 12.5 Å². The van der Waals surface area contributed by atoms with Crippen molar-refractivity contribution < 1.29 is 4.79 Å². The topological polar surface area (TPSA) is 20.3 Å². The summed E-state index contributed by atoms with van der Waals surface area (Å²) in [6.45, 7) is 3.59. The third-order valence-electron chi connectivity index (χ3n) is 4.17. The summed E-state index contributed by atoms with van der Waals surface area (Å²) in [6, 6.07) is 13.9. The summed E-state index contributed by atoms with van der Waals surface area (Å²) in [4.78, 5) is 14.6. The number of halogens is 1. The fourth-order valence-electron chi connectivity index (χ4n) is 2.79. The number of hydrogen-bond acceptors (Lipinski definition) is 1. The van der Waals surface area contributed by atoms with Crippen molar-refractivity contribution in [3.63, 3.8) is 0 Å². The molecule has 104 valence electrons. The Hall–Kier alpha value is -1.54. The van der Waals surface area contributed by atoms with Crippen molar-refractivity contribution in [1.82, 2.24) is 4.90 Å². The summed E-state index contributed by atoms with van der Waals surface area (Å²) in [5.74, 6) is 0.576. The first-order chi connectivity index (χ1) is 9.66. The standard InChI is InChI=1S/C17H18ClNO/c1-12-9-10-19(11-16(12)18)17(20)15-8-4-6-13-5-2-3-7-14(13)15/h2-8,12,16H,9-11H2,1H3. The Morgan fingerprint density at radius 2 is 1.95 bits per heavy atom. The highest BCUT2D eigenvalue weighted by Gasteiger charge is 2.28. The van der Waals surface area contributed by atoms with E-state index in [1.165, 1.54) is 0 Å². The van der Waals surface area contributed by atoms with Gasteiger partial charge in [0.25, 0.3) is 5.91 Å². The third kappa shape index (κ3) is 2.40. The fourth-order valence-corrected chi connectivity index (χ4v) is 3.08. The summed E-state index contributed by atoms with van der Waals surface area (Å²) in [5.41, 5.74) is 0.779. The van der Waals surface area contributed by atoms with Crippen LogP contribution in [0.2, 0.25) is 0 Å². The zero-order valence-electron chi connectivity index (χ0n) is 11.6. The van der Waals surface area contributed by atoms with Gasteiger partial charge in [-0.25, -0.2) is 0 Å². The lowest BCUT2D eigenvalue weighted by Crippen LogP contribution is -2.43. The molecule has 0 N–H and O–H groups in total. The maximum Gasteiger partial charge on any atom is 0.254 e. The summed E-state index contributed by atoms with van der Waals surface area (Å²) < 4.78 is 0. The van der Waals surface area contributed by atoms with Crippen molar-refractivity contribution in [2.45, 2.75) is 18.7 Å². The van der Waals surface area contributed by atoms with Crippen LogP contribution < -0.4 is 0 Å². The molecule has 3 heteroatoms. The van der Waals surface area contributed by atoms with Crippen molar-refractivity contribution in [3.05, 3.63) is 48.0 Å². The molecule has 0 saturated carbocycles. The fraction of sp³-hybridized carbons (Fsp3) is 0.353. The molecule has 0 bridgehead atoms. The molecule has 2 aromatic carbocycles. The molecule has 0 radical (unpaired) electrons. The predicted octanol–water partition coefficient (Wildman–Crippen LogP) is 3.93. The van der Waals surface area contributed by atoms with E-state index in [0.717, 1.165) is 29.3 Å². The smallest absolute Gasteiger partial charge is 0.254 e. The number of carbonyl (C=O) groups is 1. The van der Waals surface area contributed by atoms with E-state index in [9.17, 15) is 4.79 Å². The summed E-state index contributed by atoms with van der Waals surface area (Å²) in [7, 11) is 0. The minimum absolute atomic E-state index is 0.0580. The van der Waals surface area contributed by atoms with E-state index in [-0.39, 0.29) is 11.3 Å². The maximum absolute atomic E-state index is 12.7. The highest BCUT2D eigenvalue weighted by atomic mass is 35.5. The van der Waals surface area contributed by atoms with Crippen molar-refractivity contribution in [3.8, 4) is 0 Å². The van der Waals surface area contributed by atoms with E-state index in [4.69, 9.17) is 11.6 Å². The zero-order valence-corrected chi connectivity index (χ0v) is 12.3. The second kappa shape index (κ2) is 5.45. The Morgan fingerprint density at radius 1 is 1.20 bits per heavy atom. The molecule has 2 unspecified atom stereocenters. The van der Waals surface area contributed by atoms with Gasteiger partial charge < -0.3 is 4.90 Å². The monoisotopic (exact) mass is 287 g/mol. The minimum Gasteiger partial charge on any atom is -0.337 e. The molecule has 1 amide bonds. The SMILES string of the molecule is CC1CCN(C(=O)c2cccc3ccccc23)CC1Cl. The third-order valence-corrected chi connectivity index (χ3v) is 4.74. The second-order valence-electron chi connectivity index (χ2n) is 5.56. The molecule has 2 aromatic rings. The first-order valence-corrected chi connectivity index (χ1v) is 7.51. The number of piperidine rings is 1. The first-order valence-electron chi connectivity index (χ1n) is 7.08. The highest BCUT2D eigenvalue weighted by Crippen LogP contribution is 2.25. The Bertz CT molecular complexity index is 634. The Labute approximate surface area is 124 Å². The van der Waals surface area contributed by atoms with E-state index in [1.54, 1.807) is 0 Å². The van der Waals surface area contributed by atoms with Crippen molar-refractivity contribution >= 4 is 28.3 Å². The van der Waals surface area contributed by atoms with E-state index in [2.05, 4.69) is 6.92 Å². The van der Waals surface area contributed by atoms with Gasteiger partial charge in [0.05, 0.1) is 5.38 Å². The minimum atomic E-state index is 0.0580. The van der Waals surface area contributed by atoms with Crippen LogP contribution in [0.4, 0.5) is 0 Å². The molecule has 2 atom stereocenters. The lowest BCUT2D eigenvalue weighted by atomic mass is 9.97. The second-order valence-corrected chi connectivity index (χ2v) is 6.12.